The maximum Gasteiger partial charge on any atom is 0.150 e. The van der Waals surface area contributed by atoms with Crippen LogP contribution in [0.2, 0.25) is 0 Å². The Kier molecular flexibility index (Phi) is 3.33. The minimum absolute atomic E-state index is 0.642. The Morgan fingerprint density at radius 3 is 2.83 bits per heavy atom. The first-order valence-electron chi connectivity index (χ1n) is 6.29. The molecule has 1 aromatic heterocycles. The zero-order chi connectivity index (χ0) is 12.4. The predicted octanol–water partition coefficient (Wildman–Crippen LogP) is 3.66. The minimum Gasteiger partial charge on any atom is -0.298 e. The van der Waals surface area contributed by atoms with E-state index in [2.05, 4.69) is 11.1 Å². The Balaban J connectivity index is 2.00. The molecule has 0 bridgehead atoms. The van der Waals surface area contributed by atoms with Crippen molar-refractivity contribution in [1.82, 2.24) is 4.98 Å². The molecule has 0 saturated carbocycles. The van der Waals surface area contributed by atoms with Crippen LogP contribution in [0.25, 0.3) is 10.9 Å². The maximum absolute atomic E-state index is 10.8. The molecule has 0 spiro atoms. The van der Waals surface area contributed by atoms with Crippen molar-refractivity contribution in [2.24, 2.45) is 0 Å². The zero-order valence-electron chi connectivity index (χ0n) is 10.1. The van der Waals surface area contributed by atoms with Crippen LogP contribution < -0.4 is 0 Å². The van der Waals surface area contributed by atoms with Gasteiger partial charge in [-0.3, -0.25) is 9.78 Å². The van der Waals surface area contributed by atoms with Gasteiger partial charge < -0.3 is 0 Å². The van der Waals surface area contributed by atoms with E-state index in [1.807, 2.05) is 36.2 Å². The van der Waals surface area contributed by atoms with Crippen molar-refractivity contribution in [3.8, 4) is 0 Å². The summed E-state index contributed by atoms with van der Waals surface area (Å²) in [5.41, 5.74) is 3.01. The molecule has 0 aliphatic carbocycles. The van der Waals surface area contributed by atoms with Crippen molar-refractivity contribution in [2.75, 3.05) is 11.5 Å². The molecule has 2 heterocycles. The molecule has 0 radical (unpaired) electrons. The van der Waals surface area contributed by atoms with E-state index in [4.69, 9.17) is 0 Å². The molecule has 0 amide bonds. The van der Waals surface area contributed by atoms with Crippen LogP contribution in [-0.2, 0) is 0 Å². The van der Waals surface area contributed by atoms with Crippen molar-refractivity contribution in [3.05, 3.63) is 41.6 Å². The number of carbonyl (C=O) groups is 1. The summed E-state index contributed by atoms with van der Waals surface area (Å²) in [6.45, 7) is 0. The smallest absolute Gasteiger partial charge is 0.150 e. The van der Waals surface area contributed by atoms with Gasteiger partial charge in [-0.15, -0.1) is 0 Å². The van der Waals surface area contributed by atoms with Crippen LogP contribution in [0.5, 0.6) is 0 Å². The standard InChI is InChI=1S/C15H15NOS/c17-10-11-1-2-15-13(7-11)8-14(9-16-15)12-3-5-18-6-4-12/h1-2,7-10,12H,3-6H2. The molecule has 2 aromatic rings. The van der Waals surface area contributed by atoms with E-state index in [-0.39, 0.29) is 0 Å². The van der Waals surface area contributed by atoms with E-state index >= 15 is 0 Å². The van der Waals surface area contributed by atoms with E-state index in [1.165, 1.54) is 29.9 Å². The van der Waals surface area contributed by atoms with Crippen molar-refractivity contribution < 1.29 is 4.79 Å². The van der Waals surface area contributed by atoms with Crippen molar-refractivity contribution in [1.29, 1.82) is 0 Å². The molecule has 3 rings (SSSR count). The van der Waals surface area contributed by atoms with Gasteiger partial charge in [0.2, 0.25) is 0 Å². The quantitative estimate of drug-likeness (QED) is 0.769. The van der Waals surface area contributed by atoms with Gasteiger partial charge in [-0.25, -0.2) is 0 Å². The number of fused-ring (bicyclic) bond motifs is 1. The Labute approximate surface area is 111 Å². The molecular formula is C15H15NOS. The van der Waals surface area contributed by atoms with Crippen molar-refractivity contribution in [2.45, 2.75) is 18.8 Å². The third-order valence-corrected chi connectivity index (χ3v) is 4.60. The Hall–Kier alpha value is -1.35. The number of aromatic nitrogens is 1. The van der Waals surface area contributed by atoms with E-state index in [0.717, 1.165) is 22.8 Å². The lowest BCUT2D eigenvalue weighted by Gasteiger charge is -2.21. The van der Waals surface area contributed by atoms with Crippen LogP contribution in [0.15, 0.2) is 30.5 Å². The van der Waals surface area contributed by atoms with E-state index < -0.39 is 0 Å². The van der Waals surface area contributed by atoms with Crippen LogP contribution in [0.4, 0.5) is 0 Å². The molecule has 0 unspecified atom stereocenters. The summed E-state index contributed by atoms with van der Waals surface area (Å²) in [5.74, 6) is 3.14. The molecule has 2 nitrogen and oxygen atoms in total. The summed E-state index contributed by atoms with van der Waals surface area (Å²) in [4.78, 5) is 15.3. The van der Waals surface area contributed by atoms with Gasteiger partial charge in [-0.05, 0) is 60.1 Å². The van der Waals surface area contributed by atoms with E-state index in [1.54, 1.807) is 0 Å². The van der Waals surface area contributed by atoms with Gasteiger partial charge in [0.1, 0.15) is 6.29 Å². The summed E-state index contributed by atoms with van der Waals surface area (Å²) in [6, 6.07) is 7.87. The van der Waals surface area contributed by atoms with Gasteiger partial charge in [0.15, 0.2) is 0 Å². The predicted molar refractivity (Wildman–Crippen MR) is 76.4 cm³/mol. The van der Waals surface area contributed by atoms with Gasteiger partial charge in [-0.1, -0.05) is 0 Å². The molecule has 1 fully saturated rings. The first kappa shape index (κ1) is 11.7. The van der Waals surface area contributed by atoms with Crippen LogP contribution in [-0.4, -0.2) is 22.8 Å². The first-order chi connectivity index (χ1) is 8.86. The average molecular weight is 257 g/mol. The Morgan fingerprint density at radius 1 is 1.22 bits per heavy atom. The van der Waals surface area contributed by atoms with Crippen LogP contribution in [0.3, 0.4) is 0 Å². The van der Waals surface area contributed by atoms with Gasteiger partial charge >= 0.3 is 0 Å². The number of pyridine rings is 1. The molecule has 1 aromatic carbocycles. The highest BCUT2D eigenvalue weighted by molar-refractivity contribution is 7.99. The van der Waals surface area contributed by atoms with Crippen LogP contribution >= 0.6 is 11.8 Å². The topological polar surface area (TPSA) is 30.0 Å². The molecule has 1 saturated heterocycles. The third-order valence-electron chi connectivity index (χ3n) is 3.56. The normalized spacial score (nSPS) is 16.9. The highest BCUT2D eigenvalue weighted by Gasteiger charge is 2.16. The van der Waals surface area contributed by atoms with Gasteiger partial charge in [0.05, 0.1) is 5.52 Å². The summed E-state index contributed by atoms with van der Waals surface area (Å²) in [6.07, 6.45) is 5.38. The van der Waals surface area contributed by atoms with Crippen LogP contribution in [0, 0.1) is 0 Å². The highest BCUT2D eigenvalue weighted by Crippen LogP contribution is 2.32. The molecule has 1 aliphatic rings. The Bertz CT molecular complexity index is 576. The van der Waals surface area contributed by atoms with E-state index in [9.17, 15) is 4.79 Å². The summed E-state index contributed by atoms with van der Waals surface area (Å²) in [7, 11) is 0. The van der Waals surface area contributed by atoms with Crippen molar-refractivity contribution >= 4 is 29.0 Å². The molecule has 18 heavy (non-hydrogen) atoms. The fraction of sp³-hybridized carbons (Fsp3) is 0.333. The number of hydrogen-bond acceptors (Lipinski definition) is 3. The molecule has 0 N–H and O–H groups in total. The lowest BCUT2D eigenvalue weighted by atomic mass is 9.94. The van der Waals surface area contributed by atoms with Crippen LogP contribution in [0.1, 0.15) is 34.7 Å². The lowest BCUT2D eigenvalue weighted by molar-refractivity contribution is 0.112. The number of rotatable bonds is 2. The molecule has 3 heteroatoms. The van der Waals surface area contributed by atoms with Gasteiger partial charge in [-0.2, -0.15) is 11.8 Å². The molecule has 0 atom stereocenters. The fourth-order valence-corrected chi connectivity index (χ4v) is 3.60. The second-order valence-electron chi connectivity index (χ2n) is 4.73. The maximum atomic E-state index is 10.8. The summed E-state index contributed by atoms with van der Waals surface area (Å²) < 4.78 is 0. The van der Waals surface area contributed by atoms with Gasteiger partial charge in [0.25, 0.3) is 0 Å². The second kappa shape index (κ2) is 5.11. The number of thioether (sulfide) groups is 1. The van der Waals surface area contributed by atoms with Gasteiger partial charge in [0, 0.05) is 17.1 Å². The minimum atomic E-state index is 0.642. The summed E-state index contributed by atoms with van der Waals surface area (Å²) >= 11 is 2.04. The monoisotopic (exact) mass is 257 g/mol. The number of hydrogen-bond donors (Lipinski definition) is 0. The Morgan fingerprint density at radius 2 is 2.06 bits per heavy atom. The first-order valence-corrected chi connectivity index (χ1v) is 7.45. The number of benzene rings is 1. The number of nitrogens with zero attached hydrogens (tertiary/aromatic N) is 1. The second-order valence-corrected chi connectivity index (χ2v) is 5.95. The molecular weight excluding hydrogens is 242 g/mol. The average Bonchev–Trinajstić information content (AvgIpc) is 2.47. The largest absolute Gasteiger partial charge is 0.298 e. The highest BCUT2D eigenvalue weighted by atomic mass is 32.2. The zero-order valence-corrected chi connectivity index (χ0v) is 11.0. The third kappa shape index (κ3) is 2.27. The SMILES string of the molecule is O=Cc1ccc2ncc(C3CCSCC3)cc2c1. The fourth-order valence-electron chi connectivity index (χ4n) is 2.49. The number of carbonyl (C=O) groups excluding carboxylic acids is 1. The number of aldehydes is 1. The van der Waals surface area contributed by atoms with Crippen molar-refractivity contribution in [3.63, 3.8) is 0 Å². The molecule has 1 aliphatic heterocycles. The molecule has 92 valence electrons. The van der Waals surface area contributed by atoms with E-state index in [0.29, 0.717) is 5.92 Å². The summed E-state index contributed by atoms with van der Waals surface area (Å²) in [5, 5.41) is 1.08. The lowest BCUT2D eigenvalue weighted by Crippen LogP contribution is -2.08.